The number of hydrogen-bond donors (Lipinski definition) is 2. The van der Waals surface area contributed by atoms with Gasteiger partial charge in [-0.2, -0.15) is 0 Å². The lowest BCUT2D eigenvalue weighted by atomic mass is 10.1. The number of alkyl carbamates (subject to hydrolysis) is 1. The van der Waals surface area contributed by atoms with Gasteiger partial charge in [0.25, 0.3) is 0 Å². The third kappa shape index (κ3) is 5.39. The Kier molecular flexibility index (Phi) is 6.31. The van der Waals surface area contributed by atoms with E-state index in [4.69, 9.17) is 10.5 Å². The van der Waals surface area contributed by atoms with Crippen molar-refractivity contribution in [3.63, 3.8) is 0 Å². The molecular weight excluding hydrogens is 314 g/mol. The molecule has 0 aliphatic heterocycles. The Morgan fingerprint density at radius 1 is 1.21 bits per heavy atom. The highest BCUT2D eigenvalue weighted by Gasteiger charge is 2.05. The molecule has 0 heterocycles. The Morgan fingerprint density at radius 2 is 1.96 bits per heavy atom. The summed E-state index contributed by atoms with van der Waals surface area (Å²) in [6, 6.07) is 11.2. The van der Waals surface area contributed by atoms with Crippen molar-refractivity contribution in [2.45, 2.75) is 13.0 Å². The standard InChI is InChI=1S/C18H18F2N2O2/c19-15-10-14(17(21)16(20)11-15)8-4-5-9-22-18(23)24-12-13-6-2-1-3-7-13/h1-4,6-8,10-11H,5,9,12,21H2,(H,22,23). The molecule has 0 aliphatic rings. The second-order valence-corrected chi connectivity index (χ2v) is 5.07. The van der Waals surface area contributed by atoms with Crippen LogP contribution in [-0.4, -0.2) is 12.6 Å². The zero-order valence-electron chi connectivity index (χ0n) is 13.0. The van der Waals surface area contributed by atoms with Gasteiger partial charge in [0.1, 0.15) is 18.2 Å². The first kappa shape index (κ1) is 17.5. The third-order valence-corrected chi connectivity index (χ3v) is 3.22. The van der Waals surface area contributed by atoms with Crippen LogP contribution in [-0.2, 0) is 11.3 Å². The van der Waals surface area contributed by atoms with Crippen LogP contribution in [0.15, 0.2) is 48.5 Å². The Hall–Kier alpha value is -2.89. The third-order valence-electron chi connectivity index (χ3n) is 3.22. The Bertz CT molecular complexity index is 718. The summed E-state index contributed by atoms with van der Waals surface area (Å²) >= 11 is 0. The van der Waals surface area contributed by atoms with E-state index in [-0.39, 0.29) is 17.9 Å². The lowest BCUT2D eigenvalue weighted by Crippen LogP contribution is -2.24. The van der Waals surface area contributed by atoms with Gasteiger partial charge in [-0.3, -0.25) is 0 Å². The van der Waals surface area contributed by atoms with Crippen molar-refractivity contribution < 1.29 is 18.3 Å². The number of halogens is 2. The fraction of sp³-hybridized carbons (Fsp3) is 0.167. The SMILES string of the molecule is Nc1c(F)cc(F)cc1C=CCCNC(=O)OCc1ccccc1. The molecule has 0 bridgehead atoms. The van der Waals surface area contributed by atoms with Crippen LogP contribution in [0.1, 0.15) is 17.5 Å². The Balaban J connectivity index is 1.72. The molecule has 0 aromatic heterocycles. The van der Waals surface area contributed by atoms with Crippen LogP contribution in [0.2, 0.25) is 0 Å². The van der Waals surface area contributed by atoms with E-state index in [1.165, 1.54) is 6.08 Å². The summed E-state index contributed by atoms with van der Waals surface area (Å²) < 4.78 is 31.4. The predicted octanol–water partition coefficient (Wildman–Crippen LogP) is 3.88. The molecule has 2 aromatic carbocycles. The summed E-state index contributed by atoms with van der Waals surface area (Å²) in [4.78, 5) is 11.5. The molecule has 0 fully saturated rings. The number of nitrogens with two attached hydrogens (primary N) is 1. The lowest BCUT2D eigenvalue weighted by molar-refractivity contribution is 0.140. The number of hydrogen-bond acceptors (Lipinski definition) is 3. The minimum absolute atomic E-state index is 0.108. The molecule has 0 saturated carbocycles. The van der Waals surface area contributed by atoms with E-state index in [9.17, 15) is 13.6 Å². The normalized spacial score (nSPS) is 10.8. The van der Waals surface area contributed by atoms with Crippen LogP contribution in [0.3, 0.4) is 0 Å². The van der Waals surface area contributed by atoms with Crippen LogP contribution in [0.4, 0.5) is 19.3 Å². The van der Waals surface area contributed by atoms with Gasteiger partial charge in [0.2, 0.25) is 0 Å². The van der Waals surface area contributed by atoms with Crippen molar-refractivity contribution in [1.29, 1.82) is 0 Å². The molecule has 0 radical (unpaired) electrons. The van der Waals surface area contributed by atoms with Crippen LogP contribution >= 0.6 is 0 Å². The van der Waals surface area contributed by atoms with Gasteiger partial charge in [-0.15, -0.1) is 0 Å². The van der Waals surface area contributed by atoms with Gasteiger partial charge in [0, 0.05) is 18.2 Å². The zero-order chi connectivity index (χ0) is 17.4. The molecule has 24 heavy (non-hydrogen) atoms. The van der Waals surface area contributed by atoms with E-state index >= 15 is 0 Å². The van der Waals surface area contributed by atoms with Crippen molar-refractivity contribution in [3.8, 4) is 0 Å². The first-order valence-corrected chi connectivity index (χ1v) is 7.42. The van der Waals surface area contributed by atoms with Crippen molar-refractivity contribution in [3.05, 3.63) is 71.3 Å². The monoisotopic (exact) mass is 332 g/mol. The molecule has 0 atom stereocenters. The fourth-order valence-electron chi connectivity index (χ4n) is 1.98. The second kappa shape index (κ2) is 8.67. The first-order chi connectivity index (χ1) is 11.6. The van der Waals surface area contributed by atoms with Crippen LogP contribution in [0.5, 0.6) is 0 Å². The maximum Gasteiger partial charge on any atom is 0.407 e. The lowest BCUT2D eigenvalue weighted by Gasteiger charge is -2.06. The van der Waals surface area contributed by atoms with Crippen LogP contribution in [0, 0.1) is 11.6 Å². The summed E-state index contributed by atoms with van der Waals surface area (Å²) in [5, 5.41) is 2.58. The number of rotatable bonds is 6. The number of benzene rings is 2. The Morgan fingerprint density at radius 3 is 2.71 bits per heavy atom. The minimum atomic E-state index is -0.794. The van der Waals surface area contributed by atoms with Crippen LogP contribution in [0.25, 0.3) is 6.08 Å². The number of amides is 1. The van der Waals surface area contributed by atoms with Crippen molar-refractivity contribution in [2.75, 3.05) is 12.3 Å². The van der Waals surface area contributed by atoms with Crippen molar-refractivity contribution >= 4 is 17.9 Å². The highest BCUT2D eigenvalue weighted by Crippen LogP contribution is 2.19. The van der Waals surface area contributed by atoms with Crippen molar-refractivity contribution in [1.82, 2.24) is 5.32 Å². The first-order valence-electron chi connectivity index (χ1n) is 7.42. The smallest absolute Gasteiger partial charge is 0.407 e. The van der Waals surface area contributed by atoms with Gasteiger partial charge in [-0.05, 0) is 18.1 Å². The van der Waals surface area contributed by atoms with Gasteiger partial charge in [0.15, 0.2) is 0 Å². The Labute approximate surface area is 138 Å². The summed E-state index contributed by atoms with van der Waals surface area (Å²) in [5.74, 6) is -1.48. The molecule has 0 saturated heterocycles. The van der Waals surface area contributed by atoms with Gasteiger partial charge in [0.05, 0.1) is 5.69 Å². The largest absolute Gasteiger partial charge is 0.445 e. The molecule has 2 rings (SSSR count). The fourth-order valence-corrected chi connectivity index (χ4v) is 1.98. The molecule has 0 unspecified atom stereocenters. The number of carbonyl (C=O) groups is 1. The van der Waals surface area contributed by atoms with E-state index < -0.39 is 17.7 Å². The number of nitrogens with one attached hydrogen (secondary N) is 1. The highest BCUT2D eigenvalue weighted by molar-refractivity contribution is 5.67. The summed E-state index contributed by atoms with van der Waals surface area (Å²) in [6.45, 7) is 0.531. The van der Waals surface area contributed by atoms with Gasteiger partial charge >= 0.3 is 6.09 Å². The average molecular weight is 332 g/mol. The van der Waals surface area contributed by atoms with Gasteiger partial charge in [-0.25, -0.2) is 13.6 Å². The predicted molar refractivity (Wildman–Crippen MR) is 89.1 cm³/mol. The van der Waals surface area contributed by atoms with E-state index in [2.05, 4.69) is 5.32 Å². The molecule has 6 heteroatoms. The molecule has 3 N–H and O–H groups in total. The van der Waals surface area contributed by atoms with Gasteiger partial charge in [-0.1, -0.05) is 42.5 Å². The number of nitrogen functional groups attached to an aromatic ring is 1. The topological polar surface area (TPSA) is 64.3 Å². The second-order valence-electron chi connectivity index (χ2n) is 5.07. The molecule has 0 spiro atoms. The maximum absolute atomic E-state index is 13.3. The van der Waals surface area contributed by atoms with Crippen molar-refractivity contribution in [2.24, 2.45) is 0 Å². The number of carbonyl (C=O) groups excluding carboxylic acids is 1. The van der Waals surface area contributed by atoms with E-state index in [0.29, 0.717) is 13.0 Å². The number of ether oxygens (including phenoxy) is 1. The summed E-state index contributed by atoms with van der Waals surface area (Å²) in [7, 11) is 0. The summed E-state index contributed by atoms with van der Waals surface area (Å²) in [5.41, 5.74) is 6.58. The van der Waals surface area contributed by atoms with E-state index in [0.717, 1.165) is 17.7 Å². The molecule has 126 valence electrons. The molecule has 1 amide bonds. The zero-order valence-corrected chi connectivity index (χ0v) is 13.0. The quantitative estimate of drug-likeness (QED) is 0.623. The number of anilines is 1. The maximum atomic E-state index is 13.3. The van der Waals surface area contributed by atoms with E-state index in [1.807, 2.05) is 30.3 Å². The van der Waals surface area contributed by atoms with Crippen LogP contribution < -0.4 is 11.1 Å². The molecule has 0 aliphatic carbocycles. The van der Waals surface area contributed by atoms with Gasteiger partial charge < -0.3 is 15.8 Å². The summed E-state index contributed by atoms with van der Waals surface area (Å²) in [6.07, 6.45) is 3.13. The molecule has 4 nitrogen and oxygen atoms in total. The molecular formula is C18H18F2N2O2. The average Bonchev–Trinajstić information content (AvgIpc) is 2.57. The minimum Gasteiger partial charge on any atom is -0.445 e. The highest BCUT2D eigenvalue weighted by atomic mass is 19.1. The van der Waals surface area contributed by atoms with E-state index in [1.54, 1.807) is 6.08 Å². The molecule has 2 aromatic rings.